The van der Waals surface area contributed by atoms with E-state index in [9.17, 15) is 9.59 Å². The number of piperidine rings is 1. The van der Waals surface area contributed by atoms with Crippen molar-refractivity contribution < 1.29 is 9.59 Å². The number of hydrogen-bond donors (Lipinski definition) is 2. The van der Waals surface area contributed by atoms with Gasteiger partial charge in [0, 0.05) is 36.9 Å². The predicted octanol–water partition coefficient (Wildman–Crippen LogP) is 1.60. The molecule has 1 atom stereocenters. The monoisotopic (exact) mass is 321 g/mol. The number of nitrogens with one attached hydrogen (secondary N) is 2. The van der Waals surface area contributed by atoms with E-state index in [1.807, 2.05) is 17.0 Å². The van der Waals surface area contributed by atoms with Gasteiger partial charge in [-0.3, -0.25) is 9.59 Å². The molecular formula is C16H23N3O2S. The zero-order chi connectivity index (χ0) is 15.6. The summed E-state index contributed by atoms with van der Waals surface area (Å²) in [4.78, 5) is 27.5. The summed E-state index contributed by atoms with van der Waals surface area (Å²) in [6.07, 6.45) is 3.49. The van der Waals surface area contributed by atoms with Crippen molar-refractivity contribution in [2.45, 2.75) is 32.7 Å². The van der Waals surface area contributed by atoms with Crippen LogP contribution in [-0.4, -0.2) is 42.9 Å². The smallest absolute Gasteiger partial charge is 0.263 e. The maximum Gasteiger partial charge on any atom is 0.263 e. The highest BCUT2D eigenvalue weighted by molar-refractivity contribution is 7.14. The van der Waals surface area contributed by atoms with Crippen molar-refractivity contribution in [1.82, 2.24) is 15.5 Å². The molecule has 1 aromatic rings. The molecule has 1 spiro atoms. The summed E-state index contributed by atoms with van der Waals surface area (Å²) in [6, 6.07) is 3.82. The third kappa shape index (κ3) is 3.33. The summed E-state index contributed by atoms with van der Waals surface area (Å²) in [5.41, 5.74) is 0.296. The maximum absolute atomic E-state index is 12.7. The van der Waals surface area contributed by atoms with E-state index in [1.165, 1.54) is 31.1 Å². The van der Waals surface area contributed by atoms with Gasteiger partial charge in [-0.05, 0) is 37.9 Å². The lowest BCUT2D eigenvalue weighted by atomic mass is 9.79. The fourth-order valence-corrected chi connectivity index (χ4v) is 4.40. The van der Waals surface area contributed by atoms with Gasteiger partial charge in [-0.1, -0.05) is 0 Å². The Morgan fingerprint density at radius 1 is 1.41 bits per heavy atom. The van der Waals surface area contributed by atoms with E-state index in [-0.39, 0.29) is 11.8 Å². The number of hydrogen-bond acceptors (Lipinski definition) is 4. The quantitative estimate of drug-likeness (QED) is 0.889. The molecule has 6 heteroatoms. The highest BCUT2D eigenvalue weighted by Crippen LogP contribution is 2.36. The van der Waals surface area contributed by atoms with Crippen LogP contribution in [0.3, 0.4) is 0 Å². The van der Waals surface area contributed by atoms with E-state index >= 15 is 0 Å². The van der Waals surface area contributed by atoms with Crippen LogP contribution in [0.5, 0.6) is 0 Å². The fraction of sp³-hybridized carbons (Fsp3) is 0.625. The Balaban J connectivity index is 1.64. The van der Waals surface area contributed by atoms with Crippen LogP contribution in [0.1, 0.15) is 40.7 Å². The first-order valence-corrected chi connectivity index (χ1v) is 8.73. The predicted molar refractivity (Wildman–Crippen MR) is 86.9 cm³/mol. The molecule has 0 aliphatic carbocycles. The van der Waals surface area contributed by atoms with Crippen LogP contribution in [0.25, 0.3) is 0 Å². The molecule has 5 nitrogen and oxygen atoms in total. The first-order valence-electron chi connectivity index (χ1n) is 7.91. The van der Waals surface area contributed by atoms with Crippen LogP contribution in [0.2, 0.25) is 0 Å². The van der Waals surface area contributed by atoms with Crippen LogP contribution < -0.4 is 10.6 Å². The Morgan fingerprint density at radius 2 is 2.27 bits per heavy atom. The molecule has 3 heterocycles. The average Bonchev–Trinajstić information content (AvgIpc) is 3.14. The molecule has 2 aliphatic rings. The second kappa shape index (κ2) is 6.38. The maximum atomic E-state index is 12.7. The van der Waals surface area contributed by atoms with E-state index in [0.29, 0.717) is 12.0 Å². The number of amides is 2. The first-order chi connectivity index (χ1) is 10.6. The van der Waals surface area contributed by atoms with E-state index in [0.717, 1.165) is 42.4 Å². The molecule has 2 aliphatic heterocycles. The molecule has 3 rings (SSSR count). The molecule has 2 amide bonds. The molecule has 0 saturated carbocycles. The molecule has 2 N–H and O–H groups in total. The standard InChI is InChI=1S/C16H23N3O2S/c1-12(20)18-9-13-3-4-14(22-13)15(21)19-8-2-5-16(11-19)6-7-17-10-16/h3-4,17H,2,5-11H2,1H3,(H,18,20). The average molecular weight is 321 g/mol. The molecule has 2 fully saturated rings. The number of thiophene rings is 1. The van der Waals surface area contributed by atoms with Gasteiger partial charge in [0.05, 0.1) is 11.4 Å². The second-order valence-electron chi connectivity index (χ2n) is 6.43. The third-order valence-electron chi connectivity index (χ3n) is 4.66. The Morgan fingerprint density at radius 3 is 3.00 bits per heavy atom. The lowest BCUT2D eigenvalue weighted by Crippen LogP contribution is -2.46. The van der Waals surface area contributed by atoms with Crippen molar-refractivity contribution in [2.24, 2.45) is 5.41 Å². The second-order valence-corrected chi connectivity index (χ2v) is 7.60. The minimum absolute atomic E-state index is 0.0482. The molecule has 120 valence electrons. The molecule has 1 unspecified atom stereocenters. The van der Waals surface area contributed by atoms with E-state index in [1.54, 1.807) is 0 Å². The normalized spacial score (nSPS) is 24.7. The van der Waals surface area contributed by atoms with Gasteiger partial charge in [-0.15, -0.1) is 11.3 Å². The minimum Gasteiger partial charge on any atom is -0.351 e. The zero-order valence-electron chi connectivity index (χ0n) is 13.0. The Kier molecular flexibility index (Phi) is 4.49. The highest BCUT2D eigenvalue weighted by Gasteiger charge is 2.39. The molecule has 0 aromatic carbocycles. The fourth-order valence-electron chi connectivity index (χ4n) is 3.48. The van der Waals surface area contributed by atoms with Crippen LogP contribution in [0, 0.1) is 5.41 Å². The molecule has 0 radical (unpaired) electrons. The summed E-state index contributed by atoms with van der Waals surface area (Å²) in [5.74, 6) is 0.0954. The summed E-state index contributed by atoms with van der Waals surface area (Å²) in [5, 5.41) is 6.21. The summed E-state index contributed by atoms with van der Waals surface area (Å²) in [6.45, 7) is 5.85. The first kappa shape index (κ1) is 15.5. The molecule has 2 saturated heterocycles. The third-order valence-corrected chi connectivity index (χ3v) is 5.74. The Bertz CT molecular complexity index is 563. The van der Waals surface area contributed by atoms with Gasteiger partial charge in [0.1, 0.15) is 0 Å². The number of carbonyl (C=O) groups is 2. The topological polar surface area (TPSA) is 61.4 Å². The Labute approximate surface area is 135 Å². The van der Waals surface area contributed by atoms with Crippen LogP contribution in [0.4, 0.5) is 0 Å². The Hall–Kier alpha value is -1.40. The number of rotatable bonds is 3. The van der Waals surface area contributed by atoms with Crippen molar-refractivity contribution in [2.75, 3.05) is 26.2 Å². The van der Waals surface area contributed by atoms with Gasteiger partial charge >= 0.3 is 0 Å². The van der Waals surface area contributed by atoms with Crippen LogP contribution in [-0.2, 0) is 11.3 Å². The lowest BCUT2D eigenvalue weighted by molar-refractivity contribution is -0.119. The molecular weight excluding hydrogens is 298 g/mol. The number of likely N-dealkylation sites (tertiary alicyclic amines) is 1. The van der Waals surface area contributed by atoms with Crippen molar-refractivity contribution >= 4 is 23.2 Å². The van der Waals surface area contributed by atoms with E-state index in [2.05, 4.69) is 10.6 Å². The van der Waals surface area contributed by atoms with Crippen molar-refractivity contribution in [3.63, 3.8) is 0 Å². The van der Waals surface area contributed by atoms with Gasteiger partial charge in [-0.25, -0.2) is 0 Å². The largest absolute Gasteiger partial charge is 0.351 e. The van der Waals surface area contributed by atoms with Gasteiger partial charge < -0.3 is 15.5 Å². The SMILES string of the molecule is CC(=O)NCc1ccc(C(=O)N2CCCC3(CCNC3)C2)s1. The van der Waals surface area contributed by atoms with Gasteiger partial charge in [-0.2, -0.15) is 0 Å². The number of carbonyl (C=O) groups excluding carboxylic acids is 2. The highest BCUT2D eigenvalue weighted by atomic mass is 32.1. The van der Waals surface area contributed by atoms with Gasteiger partial charge in [0.15, 0.2) is 0 Å². The summed E-state index contributed by atoms with van der Waals surface area (Å²) < 4.78 is 0. The van der Waals surface area contributed by atoms with Gasteiger partial charge in [0.25, 0.3) is 5.91 Å². The van der Waals surface area contributed by atoms with E-state index < -0.39 is 0 Å². The van der Waals surface area contributed by atoms with E-state index in [4.69, 9.17) is 0 Å². The zero-order valence-corrected chi connectivity index (χ0v) is 13.8. The van der Waals surface area contributed by atoms with Crippen LogP contribution in [0.15, 0.2) is 12.1 Å². The molecule has 0 bridgehead atoms. The van der Waals surface area contributed by atoms with Gasteiger partial charge in [0.2, 0.25) is 5.91 Å². The molecule has 1 aromatic heterocycles. The lowest BCUT2D eigenvalue weighted by Gasteiger charge is -2.39. The summed E-state index contributed by atoms with van der Waals surface area (Å²) >= 11 is 1.49. The van der Waals surface area contributed by atoms with Crippen molar-refractivity contribution in [3.05, 3.63) is 21.9 Å². The summed E-state index contributed by atoms with van der Waals surface area (Å²) in [7, 11) is 0. The molecule has 22 heavy (non-hydrogen) atoms. The van der Waals surface area contributed by atoms with Crippen LogP contribution >= 0.6 is 11.3 Å². The number of nitrogens with zero attached hydrogens (tertiary/aromatic N) is 1. The van der Waals surface area contributed by atoms with Crippen molar-refractivity contribution in [3.8, 4) is 0 Å². The minimum atomic E-state index is -0.0482. The van der Waals surface area contributed by atoms with Crippen molar-refractivity contribution in [1.29, 1.82) is 0 Å².